The van der Waals surface area contributed by atoms with Crippen LogP contribution in [0.3, 0.4) is 0 Å². The Balaban J connectivity index is 1.99. The van der Waals surface area contributed by atoms with Crippen molar-refractivity contribution in [2.45, 2.75) is 17.9 Å². The summed E-state index contributed by atoms with van der Waals surface area (Å²) in [7, 11) is 0.187. The van der Waals surface area contributed by atoms with Crippen LogP contribution >= 0.6 is 22.9 Å². The molecule has 0 atom stereocenters. The normalized spacial score (nSPS) is 12.0. The lowest BCUT2D eigenvalue weighted by Crippen LogP contribution is -2.25. The summed E-state index contributed by atoms with van der Waals surface area (Å²) >= 11 is 7.31. The predicted octanol–water partition coefficient (Wildman–Crippen LogP) is 1.98. The van der Waals surface area contributed by atoms with E-state index in [4.69, 9.17) is 11.6 Å². The van der Waals surface area contributed by atoms with Crippen LogP contribution in [0.2, 0.25) is 4.34 Å². The Morgan fingerprint density at radius 3 is 2.76 bits per heavy atom. The smallest absolute Gasteiger partial charge is 0.242 e. The second-order valence-corrected chi connectivity index (χ2v) is 8.23. The fourth-order valence-corrected chi connectivity index (χ4v) is 4.17. The van der Waals surface area contributed by atoms with Crippen LogP contribution in [0.25, 0.3) is 0 Å². The molecule has 2 aromatic heterocycles. The van der Waals surface area contributed by atoms with Crippen LogP contribution in [-0.2, 0) is 30.0 Å². The molecule has 2 heterocycles. The predicted molar refractivity (Wildman–Crippen MR) is 86.4 cm³/mol. The summed E-state index contributed by atoms with van der Waals surface area (Å²) < 4.78 is 29.6. The van der Waals surface area contributed by atoms with Crippen molar-refractivity contribution in [2.24, 2.45) is 7.05 Å². The molecule has 0 aliphatic rings. The van der Waals surface area contributed by atoms with Gasteiger partial charge < -0.3 is 9.88 Å². The van der Waals surface area contributed by atoms with Gasteiger partial charge in [-0.05, 0) is 31.7 Å². The Labute approximate surface area is 134 Å². The molecule has 2 rings (SSSR count). The van der Waals surface area contributed by atoms with Gasteiger partial charge in [0.25, 0.3) is 0 Å². The summed E-state index contributed by atoms with van der Waals surface area (Å²) in [6.45, 7) is 0.981. The third-order valence-electron chi connectivity index (χ3n) is 3.04. The summed E-state index contributed by atoms with van der Waals surface area (Å²) in [5.41, 5.74) is 0.919. The van der Waals surface area contributed by atoms with E-state index in [9.17, 15) is 8.42 Å². The number of aromatic nitrogens is 1. The average Bonchev–Trinajstić information content (AvgIpc) is 2.98. The third-order valence-corrected chi connectivity index (χ3v) is 5.76. The van der Waals surface area contributed by atoms with Crippen LogP contribution in [0, 0.1) is 0 Å². The number of nitrogens with zero attached hydrogens (tertiary/aromatic N) is 1. The Kier molecular flexibility index (Phi) is 5.45. The van der Waals surface area contributed by atoms with Gasteiger partial charge in [0, 0.05) is 36.9 Å². The molecule has 0 saturated heterocycles. The maximum Gasteiger partial charge on any atom is 0.242 e. The molecule has 8 heteroatoms. The Morgan fingerprint density at radius 2 is 2.14 bits per heavy atom. The number of sulfonamides is 1. The summed E-state index contributed by atoms with van der Waals surface area (Å²) in [5.74, 6) is 0. The lowest BCUT2D eigenvalue weighted by molar-refractivity contribution is 0.581. The zero-order valence-electron chi connectivity index (χ0n) is 11.9. The van der Waals surface area contributed by atoms with E-state index in [1.165, 1.54) is 11.3 Å². The second-order valence-electron chi connectivity index (χ2n) is 4.66. The minimum atomic E-state index is -3.47. The van der Waals surface area contributed by atoms with Gasteiger partial charge in [0.15, 0.2) is 0 Å². The van der Waals surface area contributed by atoms with Crippen molar-refractivity contribution >= 4 is 33.0 Å². The molecular weight excluding hydrogens is 330 g/mol. The first-order valence-corrected chi connectivity index (χ1v) is 9.14. The highest BCUT2D eigenvalue weighted by atomic mass is 35.5. The summed E-state index contributed by atoms with van der Waals surface area (Å²) in [6, 6.07) is 5.41. The number of hydrogen-bond acceptors (Lipinski definition) is 4. The molecule has 0 saturated carbocycles. The van der Waals surface area contributed by atoms with E-state index in [0.29, 0.717) is 28.7 Å². The molecule has 21 heavy (non-hydrogen) atoms. The van der Waals surface area contributed by atoms with E-state index in [1.54, 1.807) is 12.3 Å². The molecule has 2 aromatic rings. The monoisotopic (exact) mass is 347 g/mol. The average molecular weight is 348 g/mol. The third kappa shape index (κ3) is 4.31. The molecule has 0 amide bonds. The SMILES string of the molecule is CNCc1cc(S(=O)(=O)NCCc2ccc(Cl)s2)cn1C. The van der Waals surface area contributed by atoms with Crippen molar-refractivity contribution in [2.75, 3.05) is 13.6 Å². The first kappa shape index (κ1) is 16.5. The molecule has 2 N–H and O–H groups in total. The van der Waals surface area contributed by atoms with Gasteiger partial charge in [-0.2, -0.15) is 0 Å². The maximum atomic E-state index is 12.2. The highest BCUT2D eigenvalue weighted by molar-refractivity contribution is 7.89. The van der Waals surface area contributed by atoms with Gasteiger partial charge in [-0.3, -0.25) is 0 Å². The Morgan fingerprint density at radius 1 is 1.38 bits per heavy atom. The first-order chi connectivity index (χ1) is 9.92. The topological polar surface area (TPSA) is 63.1 Å². The first-order valence-electron chi connectivity index (χ1n) is 6.46. The molecule has 0 aliphatic carbocycles. The highest BCUT2D eigenvalue weighted by Crippen LogP contribution is 2.21. The van der Waals surface area contributed by atoms with Crippen LogP contribution < -0.4 is 10.0 Å². The van der Waals surface area contributed by atoms with E-state index in [-0.39, 0.29) is 0 Å². The van der Waals surface area contributed by atoms with Gasteiger partial charge >= 0.3 is 0 Å². The van der Waals surface area contributed by atoms with Crippen LogP contribution in [0.4, 0.5) is 0 Å². The molecule has 0 unspecified atom stereocenters. The maximum absolute atomic E-state index is 12.2. The highest BCUT2D eigenvalue weighted by Gasteiger charge is 2.17. The van der Waals surface area contributed by atoms with Crippen molar-refractivity contribution in [3.05, 3.63) is 39.3 Å². The molecule has 0 fully saturated rings. The second kappa shape index (κ2) is 6.93. The number of hydrogen-bond donors (Lipinski definition) is 2. The molecule has 0 bridgehead atoms. The summed E-state index contributed by atoms with van der Waals surface area (Å²) in [6.07, 6.45) is 2.25. The van der Waals surface area contributed by atoms with Crippen molar-refractivity contribution in [1.82, 2.24) is 14.6 Å². The number of halogens is 1. The van der Waals surface area contributed by atoms with Crippen molar-refractivity contribution in [3.63, 3.8) is 0 Å². The largest absolute Gasteiger partial charge is 0.352 e. The number of nitrogens with one attached hydrogen (secondary N) is 2. The van der Waals surface area contributed by atoms with E-state index in [2.05, 4.69) is 10.0 Å². The molecule has 5 nitrogen and oxygen atoms in total. The molecule has 0 spiro atoms. The van der Waals surface area contributed by atoms with Crippen LogP contribution in [0.5, 0.6) is 0 Å². The zero-order valence-corrected chi connectivity index (χ0v) is 14.3. The quantitative estimate of drug-likeness (QED) is 0.805. The van der Waals surface area contributed by atoms with E-state index in [1.807, 2.05) is 30.8 Å². The zero-order chi connectivity index (χ0) is 15.5. The van der Waals surface area contributed by atoms with Crippen LogP contribution in [0.1, 0.15) is 10.6 Å². The van der Waals surface area contributed by atoms with E-state index in [0.717, 1.165) is 10.6 Å². The van der Waals surface area contributed by atoms with Crippen LogP contribution in [-0.4, -0.2) is 26.6 Å². The molecule has 116 valence electrons. The lowest BCUT2D eigenvalue weighted by atomic mass is 10.3. The van der Waals surface area contributed by atoms with Gasteiger partial charge in [0.1, 0.15) is 0 Å². The fraction of sp³-hybridized carbons (Fsp3) is 0.385. The van der Waals surface area contributed by atoms with Crippen LogP contribution in [0.15, 0.2) is 29.3 Å². The minimum absolute atomic E-state index is 0.291. The molecular formula is C13H18ClN3O2S2. The number of aryl methyl sites for hydroxylation is 1. The van der Waals surface area contributed by atoms with Crippen molar-refractivity contribution in [3.8, 4) is 0 Å². The summed E-state index contributed by atoms with van der Waals surface area (Å²) in [4.78, 5) is 1.35. The number of thiophene rings is 1. The van der Waals surface area contributed by atoms with Gasteiger partial charge in [-0.25, -0.2) is 13.1 Å². The van der Waals surface area contributed by atoms with Gasteiger partial charge in [0.2, 0.25) is 10.0 Å². The molecule has 0 radical (unpaired) electrons. The Hall–Kier alpha value is -0.860. The Bertz CT molecular complexity index is 707. The van der Waals surface area contributed by atoms with Gasteiger partial charge in [-0.15, -0.1) is 11.3 Å². The van der Waals surface area contributed by atoms with E-state index >= 15 is 0 Å². The molecule has 0 aliphatic heterocycles. The summed E-state index contributed by atoms with van der Waals surface area (Å²) in [5, 5.41) is 3.01. The fourth-order valence-electron chi connectivity index (χ4n) is 1.96. The standard InChI is InChI=1S/C13H18ClN3O2S2/c1-15-8-10-7-12(9-17(10)2)21(18,19)16-6-5-11-3-4-13(14)20-11/h3-4,7,9,15-16H,5-6,8H2,1-2H3. The number of rotatable bonds is 7. The minimum Gasteiger partial charge on any atom is -0.352 e. The lowest BCUT2D eigenvalue weighted by Gasteiger charge is -2.03. The molecule has 0 aromatic carbocycles. The van der Waals surface area contributed by atoms with E-state index < -0.39 is 10.0 Å². The van der Waals surface area contributed by atoms with Crippen molar-refractivity contribution in [1.29, 1.82) is 0 Å². The van der Waals surface area contributed by atoms with Gasteiger partial charge in [0.05, 0.1) is 9.23 Å². The van der Waals surface area contributed by atoms with Gasteiger partial charge in [-0.1, -0.05) is 11.6 Å². The van der Waals surface area contributed by atoms with Crippen molar-refractivity contribution < 1.29 is 8.42 Å².